The summed E-state index contributed by atoms with van der Waals surface area (Å²) in [5.41, 5.74) is 0. The van der Waals surface area contributed by atoms with Crippen LogP contribution < -0.4 is 5.32 Å². The van der Waals surface area contributed by atoms with Crippen molar-refractivity contribution in [1.29, 1.82) is 0 Å². The molecule has 5 nitrogen and oxygen atoms in total. The molecule has 2 aliphatic rings. The van der Waals surface area contributed by atoms with Crippen molar-refractivity contribution in [1.82, 2.24) is 10.2 Å². The Hall–Kier alpha value is -1.10. The SMILES string of the molecule is O=C(O)CN(CC1CC1)C(=O)CCNC1CC1. The topological polar surface area (TPSA) is 69.6 Å². The van der Waals surface area contributed by atoms with Gasteiger partial charge in [0.05, 0.1) is 0 Å². The van der Waals surface area contributed by atoms with Crippen LogP contribution in [0.5, 0.6) is 0 Å². The predicted molar refractivity (Wildman–Crippen MR) is 62.6 cm³/mol. The second-order valence-corrected chi connectivity index (χ2v) is 5.09. The molecule has 96 valence electrons. The highest BCUT2D eigenvalue weighted by Gasteiger charge is 2.28. The van der Waals surface area contributed by atoms with Crippen molar-refractivity contribution >= 4 is 11.9 Å². The molecule has 2 rings (SSSR count). The van der Waals surface area contributed by atoms with Crippen molar-refractivity contribution in [2.45, 2.75) is 38.1 Å². The lowest BCUT2D eigenvalue weighted by Gasteiger charge is -2.20. The summed E-state index contributed by atoms with van der Waals surface area (Å²) < 4.78 is 0. The zero-order valence-corrected chi connectivity index (χ0v) is 10.0. The first kappa shape index (κ1) is 12.4. The van der Waals surface area contributed by atoms with Crippen LogP contribution in [0.25, 0.3) is 0 Å². The number of nitrogens with zero attached hydrogens (tertiary/aromatic N) is 1. The van der Waals surface area contributed by atoms with Crippen molar-refractivity contribution in [2.24, 2.45) is 5.92 Å². The number of rotatable bonds is 8. The van der Waals surface area contributed by atoms with E-state index < -0.39 is 5.97 Å². The maximum absolute atomic E-state index is 11.9. The van der Waals surface area contributed by atoms with Crippen LogP contribution in [0.2, 0.25) is 0 Å². The summed E-state index contributed by atoms with van der Waals surface area (Å²) in [5, 5.41) is 12.0. The van der Waals surface area contributed by atoms with Crippen LogP contribution in [-0.2, 0) is 9.59 Å². The minimum absolute atomic E-state index is 0.0348. The third-order valence-corrected chi connectivity index (χ3v) is 3.20. The lowest BCUT2D eigenvalue weighted by atomic mass is 10.3. The van der Waals surface area contributed by atoms with Crippen LogP contribution in [-0.4, -0.2) is 47.6 Å². The maximum atomic E-state index is 11.9. The van der Waals surface area contributed by atoms with Crippen molar-refractivity contribution < 1.29 is 14.7 Å². The Labute approximate surface area is 101 Å². The average Bonchev–Trinajstić information content (AvgIpc) is 3.10. The summed E-state index contributed by atoms with van der Waals surface area (Å²) in [5.74, 6) is -0.420. The van der Waals surface area contributed by atoms with Gasteiger partial charge in [0.25, 0.3) is 0 Å². The molecule has 0 radical (unpaired) electrons. The molecule has 0 aliphatic heterocycles. The molecule has 0 bridgehead atoms. The first-order valence-corrected chi connectivity index (χ1v) is 6.38. The van der Waals surface area contributed by atoms with Crippen LogP contribution in [0.15, 0.2) is 0 Å². The van der Waals surface area contributed by atoms with Gasteiger partial charge in [0.1, 0.15) is 6.54 Å². The highest BCUT2D eigenvalue weighted by Crippen LogP contribution is 2.29. The fourth-order valence-corrected chi connectivity index (χ4v) is 1.86. The number of aliphatic carboxylic acids is 1. The second-order valence-electron chi connectivity index (χ2n) is 5.09. The van der Waals surface area contributed by atoms with E-state index in [-0.39, 0.29) is 12.5 Å². The standard InChI is InChI=1S/C12H20N2O3/c15-11(5-6-13-10-3-4-10)14(8-12(16)17)7-9-1-2-9/h9-10,13H,1-8H2,(H,16,17). The number of nitrogens with one attached hydrogen (secondary N) is 1. The molecule has 2 fully saturated rings. The molecule has 0 aromatic heterocycles. The number of amides is 1. The highest BCUT2D eigenvalue weighted by atomic mass is 16.4. The van der Waals surface area contributed by atoms with E-state index in [1.165, 1.54) is 17.7 Å². The van der Waals surface area contributed by atoms with Gasteiger partial charge in [-0.3, -0.25) is 9.59 Å². The third-order valence-electron chi connectivity index (χ3n) is 3.20. The Balaban J connectivity index is 1.70. The van der Waals surface area contributed by atoms with Crippen LogP contribution in [0.4, 0.5) is 0 Å². The van der Waals surface area contributed by atoms with E-state index >= 15 is 0 Å². The number of carbonyl (C=O) groups excluding carboxylic acids is 1. The maximum Gasteiger partial charge on any atom is 0.323 e. The van der Waals surface area contributed by atoms with Crippen LogP contribution in [0.3, 0.4) is 0 Å². The number of hydrogen-bond acceptors (Lipinski definition) is 3. The van der Waals surface area contributed by atoms with E-state index in [4.69, 9.17) is 5.11 Å². The fraction of sp³-hybridized carbons (Fsp3) is 0.833. The molecule has 0 atom stereocenters. The first-order chi connectivity index (χ1) is 8.15. The van der Waals surface area contributed by atoms with Crippen LogP contribution in [0.1, 0.15) is 32.1 Å². The number of carboxylic acid groups (broad SMARTS) is 1. The summed E-state index contributed by atoms with van der Waals surface area (Å²) in [7, 11) is 0. The summed E-state index contributed by atoms with van der Waals surface area (Å²) in [6.07, 6.45) is 5.08. The van der Waals surface area contributed by atoms with Gasteiger partial charge in [-0.25, -0.2) is 0 Å². The molecule has 0 saturated heterocycles. The largest absolute Gasteiger partial charge is 0.480 e. The number of carboxylic acids is 1. The molecule has 0 unspecified atom stereocenters. The van der Waals surface area contributed by atoms with Gasteiger partial charge in [-0.15, -0.1) is 0 Å². The van der Waals surface area contributed by atoms with Gasteiger partial charge in [-0.05, 0) is 31.6 Å². The Morgan fingerprint density at radius 2 is 1.94 bits per heavy atom. The highest BCUT2D eigenvalue weighted by molar-refractivity contribution is 5.81. The van der Waals surface area contributed by atoms with Gasteiger partial charge in [-0.2, -0.15) is 0 Å². The molecule has 5 heteroatoms. The van der Waals surface area contributed by atoms with E-state index in [1.54, 1.807) is 0 Å². The van der Waals surface area contributed by atoms with Crippen molar-refractivity contribution in [2.75, 3.05) is 19.6 Å². The minimum atomic E-state index is -0.922. The van der Waals surface area contributed by atoms with Gasteiger partial charge in [0, 0.05) is 25.6 Å². The zero-order valence-electron chi connectivity index (χ0n) is 10.0. The molecule has 0 aromatic rings. The van der Waals surface area contributed by atoms with E-state index in [9.17, 15) is 9.59 Å². The van der Waals surface area contributed by atoms with Gasteiger partial charge in [0.2, 0.25) is 5.91 Å². The average molecular weight is 240 g/mol. The predicted octanol–water partition coefficient (Wildman–Crippen LogP) is 0.452. The Morgan fingerprint density at radius 3 is 2.47 bits per heavy atom. The van der Waals surface area contributed by atoms with Crippen LogP contribution >= 0.6 is 0 Å². The normalized spacial score (nSPS) is 19.1. The zero-order chi connectivity index (χ0) is 12.3. The molecule has 17 heavy (non-hydrogen) atoms. The van der Waals surface area contributed by atoms with Gasteiger partial charge in [0.15, 0.2) is 0 Å². The van der Waals surface area contributed by atoms with Crippen molar-refractivity contribution in [3.05, 3.63) is 0 Å². The number of carbonyl (C=O) groups is 2. The van der Waals surface area contributed by atoms with Crippen molar-refractivity contribution in [3.8, 4) is 0 Å². The monoisotopic (exact) mass is 240 g/mol. The Morgan fingerprint density at radius 1 is 1.24 bits per heavy atom. The van der Waals surface area contributed by atoms with Gasteiger partial charge >= 0.3 is 5.97 Å². The fourth-order valence-electron chi connectivity index (χ4n) is 1.86. The van der Waals surface area contributed by atoms with Gasteiger partial charge in [-0.1, -0.05) is 0 Å². The number of hydrogen-bond donors (Lipinski definition) is 2. The second kappa shape index (κ2) is 5.49. The van der Waals surface area contributed by atoms with E-state index in [0.717, 1.165) is 12.8 Å². The molecule has 0 spiro atoms. The molecule has 1 amide bonds. The van der Waals surface area contributed by atoms with Crippen molar-refractivity contribution in [3.63, 3.8) is 0 Å². The lowest BCUT2D eigenvalue weighted by Crippen LogP contribution is -2.38. The smallest absolute Gasteiger partial charge is 0.323 e. The molecule has 2 saturated carbocycles. The van der Waals surface area contributed by atoms with E-state index in [1.807, 2.05) is 0 Å². The molecule has 2 aliphatic carbocycles. The molecular formula is C12H20N2O3. The Kier molecular flexibility index (Phi) is 3.99. The van der Waals surface area contributed by atoms with E-state index in [0.29, 0.717) is 31.5 Å². The summed E-state index contributed by atoms with van der Waals surface area (Å²) in [6, 6.07) is 0.596. The summed E-state index contributed by atoms with van der Waals surface area (Å²) >= 11 is 0. The summed E-state index contributed by atoms with van der Waals surface area (Å²) in [4.78, 5) is 24.1. The molecule has 2 N–H and O–H groups in total. The minimum Gasteiger partial charge on any atom is -0.480 e. The summed E-state index contributed by atoms with van der Waals surface area (Å²) in [6.45, 7) is 1.14. The van der Waals surface area contributed by atoms with Crippen LogP contribution in [0, 0.1) is 5.92 Å². The molecule has 0 aromatic carbocycles. The third kappa shape index (κ3) is 4.73. The first-order valence-electron chi connectivity index (χ1n) is 6.38. The lowest BCUT2D eigenvalue weighted by molar-refractivity contribution is -0.144. The Bertz CT molecular complexity index is 298. The van der Waals surface area contributed by atoms with E-state index in [2.05, 4.69) is 5.32 Å². The van der Waals surface area contributed by atoms with Gasteiger partial charge < -0.3 is 15.3 Å². The molecule has 0 heterocycles. The quantitative estimate of drug-likeness (QED) is 0.646. The molecular weight excluding hydrogens is 220 g/mol.